The van der Waals surface area contributed by atoms with E-state index in [2.05, 4.69) is 65.5 Å². The van der Waals surface area contributed by atoms with Crippen LogP contribution in [0, 0.1) is 13.8 Å². The summed E-state index contributed by atoms with van der Waals surface area (Å²) in [6.07, 6.45) is 7.80. The van der Waals surface area contributed by atoms with Gasteiger partial charge in [0.05, 0.1) is 5.69 Å². The largest absolute Gasteiger partial charge is 0.295 e. The number of aromatic nitrogens is 1. The molecule has 1 saturated carbocycles. The second-order valence-electron chi connectivity index (χ2n) is 7.05. The molecule has 25 heavy (non-hydrogen) atoms. The quantitative estimate of drug-likeness (QED) is 0.602. The summed E-state index contributed by atoms with van der Waals surface area (Å²) in [4.78, 5) is 7.34. The van der Waals surface area contributed by atoms with Crippen LogP contribution < -0.4 is 4.90 Å². The van der Waals surface area contributed by atoms with Crippen LogP contribution >= 0.6 is 15.9 Å². The number of anilines is 2. The van der Waals surface area contributed by atoms with Crippen molar-refractivity contribution in [1.29, 1.82) is 0 Å². The molecule has 0 spiro atoms. The molecule has 0 N–H and O–H groups in total. The number of rotatable bonds is 4. The molecule has 0 aliphatic heterocycles. The number of pyridine rings is 1. The van der Waals surface area contributed by atoms with E-state index in [1.54, 1.807) is 0 Å². The van der Waals surface area contributed by atoms with E-state index < -0.39 is 0 Å². The molecule has 0 radical (unpaired) electrons. The number of fused-ring (bicyclic) bond motifs is 1. The molecular formula is C22H23BrN2. The highest BCUT2D eigenvalue weighted by Crippen LogP contribution is 2.41. The van der Waals surface area contributed by atoms with Crippen LogP contribution in [0.2, 0.25) is 0 Å². The van der Waals surface area contributed by atoms with Crippen molar-refractivity contribution in [2.24, 2.45) is 0 Å². The molecule has 1 heterocycles. The lowest BCUT2D eigenvalue weighted by Gasteiger charge is -2.28. The highest BCUT2D eigenvalue weighted by molar-refractivity contribution is 9.10. The van der Waals surface area contributed by atoms with Crippen molar-refractivity contribution in [3.05, 3.63) is 75.0 Å². The highest BCUT2D eigenvalue weighted by Gasteiger charge is 2.25. The normalized spacial score (nSPS) is 15.1. The topological polar surface area (TPSA) is 16.1 Å². The van der Waals surface area contributed by atoms with Gasteiger partial charge in [-0.15, -0.1) is 0 Å². The number of aryl methyl sites for hydroxylation is 4. The van der Waals surface area contributed by atoms with Gasteiger partial charge in [0.2, 0.25) is 0 Å². The second kappa shape index (κ2) is 6.45. The van der Waals surface area contributed by atoms with E-state index in [0.29, 0.717) is 0 Å². The van der Waals surface area contributed by atoms with Gasteiger partial charge in [0.15, 0.2) is 0 Å². The summed E-state index contributed by atoms with van der Waals surface area (Å²) in [5.74, 6) is 1.01. The Labute approximate surface area is 158 Å². The van der Waals surface area contributed by atoms with E-state index >= 15 is 0 Å². The first-order chi connectivity index (χ1) is 12.1. The Morgan fingerprint density at radius 1 is 1.12 bits per heavy atom. The van der Waals surface area contributed by atoms with Crippen molar-refractivity contribution < 1.29 is 0 Å². The summed E-state index contributed by atoms with van der Waals surface area (Å²) in [6, 6.07) is 8.88. The minimum absolute atomic E-state index is 1.01. The summed E-state index contributed by atoms with van der Waals surface area (Å²) in [6.45, 7) is 8.40. The van der Waals surface area contributed by atoms with E-state index in [1.807, 2.05) is 6.08 Å². The minimum Gasteiger partial charge on any atom is -0.295 e. The molecule has 1 fully saturated rings. The Balaban J connectivity index is 1.90. The standard InChI is InChI=1S/C22H23BrN2/c1-4-20(17-8-9-17)25(21-13-14(2)18(23)12-15(21)3)22-11-10-16-6-5-7-19(16)24-22/h4,10-13H,1,5-9H2,2-3H3. The SMILES string of the molecule is C=CC(=C1CC1)N(c1ccc2c(n1)CCC2)c1cc(C)c(Br)cc1C. The van der Waals surface area contributed by atoms with Crippen LogP contribution in [0.5, 0.6) is 0 Å². The van der Waals surface area contributed by atoms with Gasteiger partial charge in [0, 0.05) is 15.9 Å². The molecule has 2 aliphatic rings. The molecule has 0 unspecified atom stereocenters. The zero-order valence-electron chi connectivity index (χ0n) is 14.9. The van der Waals surface area contributed by atoms with Crippen molar-refractivity contribution in [2.45, 2.75) is 46.0 Å². The van der Waals surface area contributed by atoms with Crippen molar-refractivity contribution in [3.8, 4) is 0 Å². The first-order valence-electron chi connectivity index (χ1n) is 8.98. The maximum absolute atomic E-state index is 5.03. The van der Waals surface area contributed by atoms with Crippen LogP contribution in [-0.2, 0) is 12.8 Å². The van der Waals surface area contributed by atoms with Crippen LogP contribution in [0.25, 0.3) is 0 Å². The number of nitrogens with zero attached hydrogens (tertiary/aromatic N) is 2. The Morgan fingerprint density at radius 2 is 1.92 bits per heavy atom. The van der Waals surface area contributed by atoms with Crippen molar-refractivity contribution in [1.82, 2.24) is 4.98 Å². The first-order valence-corrected chi connectivity index (χ1v) is 9.78. The van der Waals surface area contributed by atoms with E-state index in [4.69, 9.17) is 4.98 Å². The molecule has 1 aromatic carbocycles. The van der Waals surface area contributed by atoms with Crippen LogP contribution in [-0.4, -0.2) is 4.98 Å². The highest BCUT2D eigenvalue weighted by atomic mass is 79.9. The van der Waals surface area contributed by atoms with Crippen molar-refractivity contribution in [2.75, 3.05) is 4.90 Å². The molecule has 1 aromatic heterocycles. The van der Waals surface area contributed by atoms with Gasteiger partial charge in [-0.2, -0.15) is 0 Å². The van der Waals surface area contributed by atoms with Crippen molar-refractivity contribution in [3.63, 3.8) is 0 Å². The third-order valence-corrected chi connectivity index (χ3v) is 6.01. The fraction of sp³-hybridized carbons (Fsp3) is 0.318. The van der Waals surface area contributed by atoms with Gasteiger partial charge >= 0.3 is 0 Å². The van der Waals surface area contributed by atoms with Gasteiger partial charge in [-0.3, -0.25) is 4.90 Å². The molecule has 0 amide bonds. The summed E-state index contributed by atoms with van der Waals surface area (Å²) >= 11 is 3.66. The van der Waals surface area contributed by atoms with Gasteiger partial charge < -0.3 is 0 Å². The third kappa shape index (κ3) is 3.06. The van der Waals surface area contributed by atoms with Crippen LogP contribution in [0.15, 0.2) is 52.7 Å². The summed E-state index contributed by atoms with van der Waals surface area (Å²) in [7, 11) is 0. The molecule has 2 aromatic rings. The predicted molar refractivity (Wildman–Crippen MR) is 108 cm³/mol. The van der Waals surface area contributed by atoms with Crippen molar-refractivity contribution >= 4 is 27.4 Å². The summed E-state index contributed by atoms with van der Waals surface area (Å²) < 4.78 is 1.15. The zero-order valence-corrected chi connectivity index (χ0v) is 16.5. The first kappa shape index (κ1) is 16.6. The third-order valence-electron chi connectivity index (χ3n) is 5.16. The van der Waals surface area contributed by atoms with Crippen LogP contribution in [0.3, 0.4) is 0 Å². The summed E-state index contributed by atoms with van der Waals surface area (Å²) in [5.41, 5.74) is 9.01. The maximum atomic E-state index is 5.03. The average molecular weight is 395 g/mol. The van der Waals surface area contributed by atoms with Gasteiger partial charge in [0.1, 0.15) is 5.82 Å². The number of hydrogen-bond donors (Lipinski definition) is 0. The molecule has 2 nitrogen and oxygen atoms in total. The predicted octanol–water partition coefficient (Wildman–Crippen LogP) is 6.32. The van der Waals surface area contributed by atoms with E-state index in [-0.39, 0.29) is 0 Å². The lowest BCUT2D eigenvalue weighted by Crippen LogP contribution is -2.18. The molecule has 2 aliphatic carbocycles. The Hall–Kier alpha value is -1.87. The minimum atomic E-state index is 1.01. The molecule has 4 rings (SSSR count). The smallest absolute Gasteiger partial charge is 0.137 e. The van der Waals surface area contributed by atoms with Gasteiger partial charge in [-0.05, 0) is 92.5 Å². The fourth-order valence-corrected chi connectivity index (χ4v) is 4.09. The molecule has 128 valence electrons. The number of halogens is 1. The lowest BCUT2D eigenvalue weighted by molar-refractivity contribution is 0.898. The Kier molecular flexibility index (Phi) is 4.28. The lowest BCUT2D eigenvalue weighted by atomic mass is 10.1. The average Bonchev–Trinajstić information content (AvgIpc) is 3.32. The number of allylic oxidation sites excluding steroid dienone is 2. The number of benzene rings is 1. The number of hydrogen-bond acceptors (Lipinski definition) is 2. The molecule has 0 saturated heterocycles. The molecule has 0 bridgehead atoms. The Bertz CT molecular complexity index is 889. The molecular weight excluding hydrogens is 372 g/mol. The molecule has 0 atom stereocenters. The monoisotopic (exact) mass is 394 g/mol. The van der Waals surface area contributed by atoms with Crippen LogP contribution in [0.1, 0.15) is 41.6 Å². The zero-order chi connectivity index (χ0) is 17.6. The van der Waals surface area contributed by atoms with Crippen LogP contribution in [0.4, 0.5) is 11.5 Å². The molecule has 3 heteroatoms. The second-order valence-corrected chi connectivity index (χ2v) is 7.90. The van der Waals surface area contributed by atoms with E-state index in [9.17, 15) is 0 Å². The van der Waals surface area contributed by atoms with Gasteiger partial charge in [-0.1, -0.05) is 28.6 Å². The summed E-state index contributed by atoms with van der Waals surface area (Å²) in [5, 5.41) is 0. The Morgan fingerprint density at radius 3 is 2.64 bits per heavy atom. The fourth-order valence-electron chi connectivity index (χ4n) is 3.63. The van der Waals surface area contributed by atoms with E-state index in [1.165, 1.54) is 45.8 Å². The van der Waals surface area contributed by atoms with Gasteiger partial charge in [-0.25, -0.2) is 4.98 Å². The van der Waals surface area contributed by atoms with E-state index in [0.717, 1.165) is 36.0 Å². The van der Waals surface area contributed by atoms with Gasteiger partial charge in [0.25, 0.3) is 0 Å². The maximum Gasteiger partial charge on any atom is 0.137 e.